The number of fused-ring (bicyclic) bond motifs is 1. The zero-order valence-corrected chi connectivity index (χ0v) is 20.4. The lowest BCUT2D eigenvalue weighted by Gasteiger charge is -2.25. The molecule has 1 aliphatic rings. The van der Waals surface area contributed by atoms with Crippen LogP contribution in [0.4, 0.5) is 0 Å². The highest BCUT2D eigenvalue weighted by Gasteiger charge is 2.28. The van der Waals surface area contributed by atoms with Crippen LogP contribution in [-0.2, 0) is 18.7 Å². The minimum atomic E-state index is -1.06. The van der Waals surface area contributed by atoms with Crippen LogP contribution >= 0.6 is 0 Å². The van der Waals surface area contributed by atoms with E-state index in [9.17, 15) is 9.90 Å². The molecule has 0 aliphatic carbocycles. The molecule has 2 aromatic heterocycles. The summed E-state index contributed by atoms with van der Waals surface area (Å²) in [5.41, 5.74) is 1.42. The summed E-state index contributed by atoms with van der Waals surface area (Å²) in [5, 5.41) is 15.4. The number of furan rings is 1. The standard InChI is InChI=1S/C28H29N3O5/c1-28(33,12-15-31-14-3-13-29-31)22-6-9-24-21(18-22)19-30(16-17-35-24)27(32)26-11-10-25(36-26)20-4-7-23(34-2)8-5-20/h3-11,13-14,18,33H,12,15-17,19H2,1-2H3. The van der Waals surface area contributed by atoms with Crippen molar-refractivity contribution in [3.63, 3.8) is 0 Å². The number of benzene rings is 2. The Balaban J connectivity index is 1.32. The molecule has 36 heavy (non-hydrogen) atoms. The molecule has 0 saturated heterocycles. The summed E-state index contributed by atoms with van der Waals surface area (Å²) in [6.45, 7) is 3.54. The molecule has 1 atom stereocenters. The molecule has 3 heterocycles. The van der Waals surface area contributed by atoms with Gasteiger partial charge in [-0.2, -0.15) is 5.10 Å². The van der Waals surface area contributed by atoms with Crippen LogP contribution in [-0.4, -0.2) is 46.0 Å². The normalized spacial score (nSPS) is 14.9. The van der Waals surface area contributed by atoms with E-state index >= 15 is 0 Å². The van der Waals surface area contributed by atoms with E-state index in [1.165, 1.54) is 0 Å². The van der Waals surface area contributed by atoms with Crippen LogP contribution in [0.15, 0.2) is 77.5 Å². The molecule has 0 saturated carbocycles. The minimum Gasteiger partial charge on any atom is -0.497 e. The van der Waals surface area contributed by atoms with Crippen molar-refractivity contribution >= 4 is 5.91 Å². The number of hydrogen-bond acceptors (Lipinski definition) is 6. The van der Waals surface area contributed by atoms with E-state index in [0.717, 1.165) is 28.2 Å². The molecular weight excluding hydrogens is 458 g/mol. The van der Waals surface area contributed by atoms with Crippen LogP contribution in [0.5, 0.6) is 11.5 Å². The second-order valence-electron chi connectivity index (χ2n) is 9.08. The van der Waals surface area contributed by atoms with E-state index in [1.807, 2.05) is 54.7 Å². The van der Waals surface area contributed by atoms with Gasteiger partial charge in [0.2, 0.25) is 0 Å². The van der Waals surface area contributed by atoms with E-state index in [4.69, 9.17) is 13.9 Å². The van der Waals surface area contributed by atoms with Gasteiger partial charge in [0.05, 0.1) is 19.3 Å². The average Bonchev–Trinajstić information content (AvgIpc) is 3.56. The predicted octanol–water partition coefficient (Wildman–Crippen LogP) is 4.48. The highest BCUT2D eigenvalue weighted by Crippen LogP contribution is 2.32. The van der Waals surface area contributed by atoms with Gasteiger partial charge in [-0.15, -0.1) is 0 Å². The van der Waals surface area contributed by atoms with Gasteiger partial charge in [-0.1, -0.05) is 6.07 Å². The largest absolute Gasteiger partial charge is 0.497 e. The number of aliphatic hydroxyl groups is 1. The third kappa shape index (κ3) is 4.99. The van der Waals surface area contributed by atoms with E-state index in [0.29, 0.717) is 38.4 Å². The van der Waals surface area contributed by atoms with Gasteiger partial charge in [-0.05, 0) is 73.5 Å². The Kier molecular flexibility index (Phi) is 6.52. The maximum atomic E-state index is 13.3. The fourth-order valence-electron chi connectivity index (χ4n) is 4.33. The number of ether oxygens (including phenoxy) is 2. The van der Waals surface area contributed by atoms with Crippen LogP contribution in [0, 0.1) is 0 Å². The lowest BCUT2D eigenvalue weighted by Crippen LogP contribution is -2.32. The average molecular weight is 488 g/mol. The van der Waals surface area contributed by atoms with Gasteiger partial charge in [0.25, 0.3) is 5.91 Å². The molecule has 1 aliphatic heterocycles. The zero-order valence-electron chi connectivity index (χ0n) is 20.4. The number of hydrogen-bond donors (Lipinski definition) is 1. The number of carbonyl (C=O) groups is 1. The fraction of sp³-hybridized carbons (Fsp3) is 0.286. The molecule has 8 heteroatoms. The summed E-state index contributed by atoms with van der Waals surface area (Å²) < 4.78 is 18.8. The number of aromatic nitrogens is 2. The highest BCUT2D eigenvalue weighted by atomic mass is 16.5. The number of carbonyl (C=O) groups excluding carboxylic acids is 1. The lowest BCUT2D eigenvalue weighted by molar-refractivity contribution is 0.0419. The Bertz CT molecular complexity index is 1330. The molecule has 1 N–H and O–H groups in total. The van der Waals surface area contributed by atoms with Gasteiger partial charge >= 0.3 is 0 Å². The van der Waals surface area contributed by atoms with E-state index in [2.05, 4.69) is 5.10 Å². The first-order valence-corrected chi connectivity index (χ1v) is 11.9. The first-order valence-electron chi connectivity index (χ1n) is 11.9. The van der Waals surface area contributed by atoms with E-state index < -0.39 is 5.60 Å². The predicted molar refractivity (Wildman–Crippen MR) is 134 cm³/mol. The molecule has 4 aromatic rings. The van der Waals surface area contributed by atoms with E-state index in [1.54, 1.807) is 41.9 Å². The first kappa shape index (κ1) is 23.7. The molecule has 1 unspecified atom stereocenters. The number of nitrogens with zero attached hydrogens (tertiary/aromatic N) is 3. The molecular formula is C28H29N3O5. The summed E-state index contributed by atoms with van der Waals surface area (Å²) in [6, 6.07) is 18.5. The summed E-state index contributed by atoms with van der Waals surface area (Å²) in [6.07, 6.45) is 4.09. The van der Waals surface area contributed by atoms with Crippen molar-refractivity contribution in [2.45, 2.75) is 32.0 Å². The fourth-order valence-corrected chi connectivity index (χ4v) is 4.33. The quantitative estimate of drug-likeness (QED) is 0.413. The number of amides is 1. The van der Waals surface area contributed by atoms with Crippen LogP contribution in [0.1, 0.15) is 35.0 Å². The van der Waals surface area contributed by atoms with Crippen molar-refractivity contribution in [2.24, 2.45) is 0 Å². The van der Waals surface area contributed by atoms with Crippen LogP contribution in [0.25, 0.3) is 11.3 Å². The van der Waals surface area contributed by atoms with Gasteiger partial charge in [-0.25, -0.2) is 0 Å². The van der Waals surface area contributed by atoms with Crippen molar-refractivity contribution in [1.29, 1.82) is 0 Å². The Morgan fingerprint density at radius 2 is 2.00 bits per heavy atom. The van der Waals surface area contributed by atoms with Crippen molar-refractivity contribution in [2.75, 3.05) is 20.3 Å². The van der Waals surface area contributed by atoms with Crippen LogP contribution in [0.2, 0.25) is 0 Å². The Morgan fingerprint density at radius 1 is 1.17 bits per heavy atom. The van der Waals surface area contributed by atoms with Crippen molar-refractivity contribution in [3.8, 4) is 22.8 Å². The second-order valence-corrected chi connectivity index (χ2v) is 9.08. The molecule has 0 fully saturated rings. The smallest absolute Gasteiger partial charge is 0.290 e. The van der Waals surface area contributed by atoms with Gasteiger partial charge in [-0.3, -0.25) is 9.48 Å². The molecule has 5 rings (SSSR count). The van der Waals surface area contributed by atoms with Gasteiger partial charge in [0.1, 0.15) is 23.9 Å². The Hall–Kier alpha value is -4.04. The molecule has 2 aromatic carbocycles. The molecule has 0 spiro atoms. The second kappa shape index (κ2) is 9.91. The van der Waals surface area contributed by atoms with Gasteiger partial charge in [0.15, 0.2) is 5.76 Å². The Morgan fingerprint density at radius 3 is 2.75 bits per heavy atom. The molecule has 8 nitrogen and oxygen atoms in total. The molecule has 186 valence electrons. The van der Waals surface area contributed by atoms with Crippen molar-refractivity contribution in [1.82, 2.24) is 14.7 Å². The van der Waals surface area contributed by atoms with Gasteiger partial charge in [0, 0.05) is 36.6 Å². The number of aryl methyl sites for hydroxylation is 1. The summed E-state index contributed by atoms with van der Waals surface area (Å²) in [5.74, 6) is 2.15. The van der Waals surface area contributed by atoms with Gasteiger partial charge < -0.3 is 23.9 Å². The molecule has 0 bridgehead atoms. The third-order valence-corrected chi connectivity index (χ3v) is 6.53. The molecule has 1 amide bonds. The summed E-state index contributed by atoms with van der Waals surface area (Å²) >= 11 is 0. The monoisotopic (exact) mass is 487 g/mol. The topological polar surface area (TPSA) is 90.0 Å². The summed E-state index contributed by atoms with van der Waals surface area (Å²) in [7, 11) is 1.62. The first-order chi connectivity index (χ1) is 17.4. The van der Waals surface area contributed by atoms with Crippen LogP contribution in [0.3, 0.4) is 0 Å². The summed E-state index contributed by atoms with van der Waals surface area (Å²) in [4.78, 5) is 15.0. The lowest BCUT2D eigenvalue weighted by atomic mass is 9.91. The Labute approximate surface area is 209 Å². The maximum absolute atomic E-state index is 13.3. The molecule has 0 radical (unpaired) electrons. The van der Waals surface area contributed by atoms with Crippen LogP contribution < -0.4 is 9.47 Å². The third-order valence-electron chi connectivity index (χ3n) is 6.53. The maximum Gasteiger partial charge on any atom is 0.290 e. The number of rotatable bonds is 7. The zero-order chi connectivity index (χ0) is 25.1. The van der Waals surface area contributed by atoms with Crippen molar-refractivity contribution < 1.29 is 23.8 Å². The minimum absolute atomic E-state index is 0.206. The van der Waals surface area contributed by atoms with Crippen molar-refractivity contribution in [3.05, 3.63) is 89.9 Å². The number of methoxy groups -OCH3 is 1. The SMILES string of the molecule is COc1ccc(-c2ccc(C(=O)N3CCOc4ccc(C(C)(O)CCn5cccn5)cc4C3)o2)cc1. The van der Waals surface area contributed by atoms with E-state index in [-0.39, 0.29) is 11.7 Å². The highest BCUT2D eigenvalue weighted by molar-refractivity contribution is 5.92.